The molecule has 0 atom stereocenters. The van der Waals surface area contributed by atoms with Crippen LogP contribution in [-0.2, 0) is 6.42 Å². The van der Waals surface area contributed by atoms with Gasteiger partial charge in [-0.3, -0.25) is 9.69 Å². The summed E-state index contributed by atoms with van der Waals surface area (Å²) in [6, 6.07) is 7.16. The number of nitrogens with two attached hydrogens (primary N) is 1. The minimum atomic E-state index is -0.571. The maximum atomic E-state index is 12.3. The molecule has 10 nitrogen and oxygen atoms in total. The Labute approximate surface area is 220 Å². The monoisotopic (exact) mass is 507 g/mol. The molecule has 1 amide bonds. The zero-order valence-corrected chi connectivity index (χ0v) is 22.2. The first-order chi connectivity index (χ1) is 18.0. The number of piperidine rings is 1. The van der Waals surface area contributed by atoms with E-state index in [4.69, 9.17) is 10.7 Å². The van der Waals surface area contributed by atoms with Crippen molar-refractivity contribution < 1.29 is 4.79 Å². The maximum absolute atomic E-state index is 12.3. The minimum absolute atomic E-state index is 0.189. The number of piperazine rings is 2. The molecule has 1 aromatic heterocycles. The highest BCUT2D eigenvalue weighted by atomic mass is 16.1. The molecule has 3 aliphatic rings. The van der Waals surface area contributed by atoms with Crippen LogP contribution in [0.4, 0.5) is 23.0 Å². The Kier molecular flexibility index (Phi) is 8.07. The van der Waals surface area contributed by atoms with Gasteiger partial charge in [-0.15, -0.1) is 0 Å². The summed E-state index contributed by atoms with van der Waals surface area (Å²) in [5.74, 6) is 0.683. The van der Waals surface area contributed by atoms with E-state index in [1.165, 1.54) is 18.5 Å². The van der Waals surface area contributed by atoms with Crippen molar-refractivity contribution in [3.8, 4) is 0 Å². The molecule has 0 saturated carbocycles. The third-order valence-corrected chi connectivity index (χ3v) is 7.89. The molecule has 3 fully saturated rings. The number of nitrogens with zero attached hydrogens (tertiary/aromatic N) is 5. The van der Waals surface area contributed by atoms with Crippen LogP contribution in [0.2, 0.25) is 0 Å². The fourth-order valence-corrected chi connectivity index (χ4v) is 5.74. The van der Waals surface area contributed by atoms with Crippen LogP contribution in [0.1, 0.15) is 41.5 Å². The Bertz CT molecular complexity index is 1090. The number of aryl methyl sites for hydroxylation is 2. The van der Waals surface area contributed by atoms with Crippen LogP contribution in [0, 0.1) is 6.92 Å². The van der Waals surface area contributed by atoms with Gasteiger partial charge < -0.3 is 31.5 Å². The number of nitrogens with one attached hydrogen (secondary N) is 3. The van der Waals surface area contributed by atoms with Gasteiger partial charge in [0.1, 0.15) is 0 Å². The van der Waals surface area contributed by atoms with E-state index in [1.54, 1.807) is 0 Å². The van der Waals surface area contributed by atoms with Crippen molar-refractivity contribution in [1.82, 2.24) is 25.5 Å². The van der Waals surface area contributed by atoms with Gasteiger partial charge in [0, 0.05) is 82.9 Å². The Morgan fingerprint density at radius 3 is 2.30 bits per heavy atom. The van der Waals surface area contributed by atoms with Crippen molar-refractivity contribution in [1.29, 1.82) is 0 Å². The molecule has 0 unspecified atom stereocenters. The number of amides is 1. The van der Waals surface area contributed by atoms with Crippen molar-refractivity contribution in [2.45, 2.75) is 39.2 Å². The molecule has 4 heterocycles. The SMILES string of the molecule is CCc1nc(C(N)=O)c(Nc2ccc(N3CCC(N4CCNCC4)CC3)cc2C)nc1N1CCNCC1. The molecular formula is C27H41N9O. The summed E-state index contributed by atoms with van der Waals surface area (Å²) in [6.45, 7) is 14.3. The smallest absolute Gasteiger partial charge is 0.271 e. The molecule has 3 saturated heterocycles. The minimum Gasteiger partial charge on any atom is -0.371 e. The van der Waals surface area contributed by atoms with Gasteiger partial charge in [-0.25, -0.2) is 9.97 Å². The van der Waals surface area contributed by atoms with Gasteiger partial charge in [0.2, 0.25) is 0 Å². The summed E-state index contributed by atoms with van der Waals surface area (Å²) in [4.78, 5) is 29.2. The van der Waals surface area contributed by atoms with E-state index < -0.39 is 5.91 Å². The zero-order valence-electron chi connectivity index (χ0n) is 22.2. The standard InChI is InChI=1S/C27H41N9O/c1-3-22-27(36-16-10-30-11-17-36)33-26(24(31-22)25(28)37)32-23-5-4-21(18-19(23)2)34-12-6-20(7-13-34)35-14-8-29-9-15-35/h4-5,18,20,29-30H,3,6-17H2,1-2H3,(H2,28,37)(H,32,33). The van der Waals surface area contributed by atoms with Gasteiger partial charge in [-0.1, -0.05) is 6.92 Å². The summed E-state index contributed by atoms with van der Waals surface area (Å²) in [6.07, 6.45) is 3.09. The summed E-state index contributed by atoms with van der Waals surface area (Å²) in [7, 11) is 0. The molecule has 0 radical (unpaired) electrons. The van der Waals surface area contributed by atoms with Crippen molar-refractivity contribution >= 4 is 28.9 Å². The highest BCUT2D eigenvalue weighted by Gasteiger charge is 2.26. The van der Waals surface area contributed by atoms with Crippen molar-refractivity contribution in [2.75, 3.05) is 80.6 Å². The third kappa shape index (κ3) is 5.81. The van der Waals surface area contributed by atoms with Gasteiger partial charge in [0.05, 0.1) is 5.69 Å². The number of carbonyl (C=O) groups is 1. The van der Waals surface area contributed by atoms with E-state index in [1.807, 2.05) is 6.92 Å². The largest absolute Gasteiger partial charge is 0.371 e. The lowest BCUT2D eigenvalue weighted by molar-refractivity contribution is 0.0996. The fraction of sp³-hybridized carbons (Fsp3) is 0.593. The van der Waals surface area contributed by atoms with Crippen LogP contribution in [0.15, 0.2) is 18.2 Å². The Morgan fingerprint density at radius 1 is 1.00 bits per heavy atom. The van der Waals surface area contributed by atoms with Crippen molar-refractivity contribution in [3.05, 3.63) is 35.2 Å². The Balaban J connectivity index is 1.32. The molecule has 0 spiro atoms. The van der Waals surface area contributed by atoms with E-state index in [9.17, 15) is 4.79 Å². The van der Waals surface area contributed by atoms with E-state index in [2.05, 4.69) is 60.8 Å². The quantitative estimate of drug-likeness (QED) is 0.442. The van der Waals surface area contributed by atoms with Gasteiger partial charge in [-0.2, -0.15) is 0 Å². The van der Waals surface area contributed by atoms with Crippen LogP contribution in [0.25, 0.3) is 0 Å². The van der Waals surface area contributed by atoms with Gasteiger partial charge in [0.15, 0.2) is 17.3 Å². The maximum Gasteiger partial charge on any atom is 0.271 e. The normalized spacial score (nSPS) is 19.7. The number of primary amides is 1. The second-order valence-corrected chi connectivity index (χ2v) is 10.3. The van der Waals surface area contributed by atoms with Crippen LogP contribution in [0.3, 0.4) is 0 Å². The molecular weight excluding hydrogens is 466 g/mol. The molecule has 2 aromatic rings. The average molecular weight is 508 g/mol. The topological polar surface area (TPSA) is 115 Å². The van der Waals surface area contributed by atoms with Crippen LogP contribution < -0.4 is 31.5 Å². The van der Waals surface area contributed by atoms with E-state index >= 15 is 0 Å². The van der Waals surface area contributed by atoms with E-state index in [0.717, 1.165) is 88.2 Å². The van der Waals surface area contributed by atoms with E-state index in [0.29, 0.717) is 18.3 Å². The Morgan fingerprint density at radius 2 is 1.68 bits per heavy atom. The lowest BCUT2D eigenvalue weighted by Crippen LogP contribution is -2.52. The number of aromatic nitrogens is 2. The lowest BCUT2D eigenvalue weighted by atomic mass is 10.0. The predicted octanol–water partition coefficient (Wildman–Crippen LogP) is 1.47. The Hall–Kier alpha value is -2.95. The van der Waals surface area contributed by atoms with Crippen LogP contribution in [-0.4, -0.2) is 92.3 Å². The zero-order chi connectivity index (χ0) is 25.8. The van der Waals surface area contributed by atoms with E-state index in [-0.39, 0.29) is 5.69 Å². The van der Waals surface area contributed by atoms with Crippen LogP contribution >= 0.6 is 0 Å². The molecule has 200 valence electrons. The van der Waals surface area contributed by atoms with Crippen molar-refractivity contribution in [2.24, 2.45) is 5.73 Å². The first-order valence-electron chi connectivity index (χ1n) is 13.8. The fourth-order valence-electron chi connectivity index (χ4n) is 5.74. The number of anilines is 4. The number of carbonyl (C=O) groups excluding carboxylic acids is 1. The summed E-state index contributed by atoms with van der Waals surface area (Å²) < 4.78 is 0. The van der Waals surface area contributed by atoms with Gasteiger partial charge in [-0.05, 0) is 49.9 Å². The van der Waals surface area contributed by atoms with Crippen molar-refractivity contribution in [3.63, 3.8) is 0 Å². The molecule has 3 aliphatic heterocycles. The first kappa shape index (κ1) is 25.7. The highest BCUT2D eigenvalue weighted by molar-refractivity contribution is 5.96. The second kappa shape index (κ2) is 11.6. The summed E-state index contributed by atoms with van der Waals surface area (Å²) >= 11 is 0. The molecule has 0 bridgehead atoms. The second-order valence-electron chi connectivity index (χ2n) is 10.3. The first-order valence-corrected chi connectivity index (χ1v) is 13.8. The molecule has 37 heavy (non-hydrogen) atoms. The summed E-state index contributed by atoms with van der Waals surface area (Å²) in [5.41, 5.74) is 9.97. The van der Waals surface area contributed by atoms with Crippen LogP contribution in [0.5, 0.6) is 0 Å². The molecule has 0 aliphatic carbocycles. The summed E-state index contributed by atoms with van der Waals surface area (Å²) in [5, 5.41) is 10.2. The number of benzene rings is 1. The molecule has 1 aromatic carbocycles. The highest BCUT2D eigenvalue weighted by Crippen LogP contribution is 2.30. The predicted molar refractivity (Wildman–Crippen MR) is 149 cm³/mol. The number of hydrogen-bond donors (Lipinski definition) is 4. The average Bonchev–Trinajstić information content (AvgIpc) is 2.95. The number of hydrogen-bond acceptors (Lipinski definition) is 9. The lowest BCUT2D eigenvalue weighted by Gasteiger charge is -2.41. The molecule has 5 rings (SSSR count). The third-order valence-electron chi connectivity index (χ3n) is 7.89. The van der Waals surface area contributed by atoms with Gasteiger partial charge >= 0.3 is 0 Å². The molecule has 5 N–H and O–H groups in total. The molecule has 10 heteroatoms. The van der Waals surface area contributed by atoms with Gasteiger partial charge in [0.25, 0.3) is 5.91 Å². The number of rotatable bonds is 7.